The Bertz CT molecular complexity index is 886. The molecule has 152 valence electrons. The van der Waals surface area contributed by atoms with Crippen molar-refractivity contribution < 1.29 is 17.9 Å². The monoisotopic (exact) mass is 436 g/mol. The number of likely N-dealkylation sites (N-methyl/N-ethyl adjacent to an activating group) is 2. The third kappa shape index (κ3) is 6.28. The second-order valence-corrected chi connectivity index (χ2v) is 9.30. The molecule has 1 aromatic carbocycles. The highest BCUT2D eigenvalue weighted by Crippen LogP contribution is 2.31. The maximum absolute atomic E-state index is 12.8. The molecule has 2 aromatic rings. The maximum atomic E-state index is 12.8. The molecule has 0 aliphatic heterocycles. The minimum Gasteiger partial charge on any atom is -0.497 e. The number of fused-ring (bicyclic) bond motifs is 1. The van der Waals surface area contributed by atoms with Gasteiger partial charge in [0.05, 0.1) is 30.1 Å². The number of nitrogens with zero attached hydrogens (tertiary/aromatic N) is 4. The lowest BCUT2D eigenvalue weighted by atomic mass is 10.3. The molecule has 1 amide bonds. The summed E-state index contributed by atoms with van der Waals surface area (Å²) < 4.78 is 30.4. The number of sulfonamides is 1. The van der Waals surface area contributed by atoms with E-state index < -0.39 is 10.0 Å². The lowest BCUT2D eigenvalue weighted by molar-refractivity contribution is -0.118. The molecular weight excluding hydrogens is 412 g/mol. The van der Waals surface area contributed by atoms with Crippen LogP contribution in [0.5, 0.6) is 5.75 Å². The number of anilines is 1. The number of methoxy groups -OCH3 is 1. The summed E-state index contributed by atoms with van der Waals surface area (Å²) in [7, 11) is 3.37. The summed E-state index contributed by atoms with van der Waals surface area (Å²) in [5.41, 5.74) is 0.768. The van der Waals surface area contributed by atoms with Crippen molar-refractivity contribution in [1.29, 1.82) is 0 Å². The van der Waals surface area contributed by atoms with Crippen molar-refractivity contribution >= 4 is 55.0 Å². The van der Waals surface area contributed by atoms with Crippen LogP contribution in [-0.4, -0.2) is 82.7 Å². The fourth-order valence-electron chi connectivity index (χ4n) is 2.16. The van der Waals surface area contributed by atoms with Crippen LogP contribution in [-0.2, 0) is 14.8 Å². The molecule has 0 N–H and O–H groups in total. The van der Waals surface area contributed by atoms with E-state index >= 15 is 0 Å². The number of ether oxygens (including phenoxy) is 1. The molecule has 0 fully saturated rings. The van der Waals surface area contributed by atoms with Gasteiger partial charge in [-0.15, -0.1) is 12.4 Å². The van der Waals surface area contributed by atoms with Crippen molar-refractivity contribution in [2.75, 3.05) is 59.0 Å². The molecule has 0 radical (unpaired) electrons. The number of amides is 1. The molecule has 1 heterocycles. The number of aromatic nitrogens is 1. The lowest BCUT2D eigenvalue weighted by Crippen LogP contribution is -2.43. The normalized spacial score (nSPS) is 11.7. The lowest BCUT2D eigenvalue weighted by Gasteiger charge is -2.24. The van der Waals surface area contributed by atoms with E-state index in [1.807, 2.05) is 37.2 Å². The minimum absolute atomic E-state index is 0. The highest BCUT2D eigenvalue weighted by Gasteiger charge is 2.24. The molecule has 11 heteroatoms. The van der Waals surface area contributed by atoms with E-state index in [-0.39, 0.29) is 24.9 Å². The Labute approximate surface area is 170 Å². The molecule has 0 atom stereocenters. The van der Waals surface area contributed by atoms with E-state index in [1.165, 1.54) is 18.4 Å². The van der Waals surface area contributed by atoms with Gasteiger partial charge in [0.1, 0.15) is 5.75 Å². The molecule has 0 aliphatic carbocycles. The Morgan fingerprint density at radius 3 is 2.44 bits per heavy atom. The average molecular weight is 437 g/mol. The SMILES string of the molecule is COc1ccc2nc(N(CCN(C)C)C(=O)CN(C)S(C)(=O)=O)sc2c1.Cl. The second kappa shape index (κ2) is 9.65. The molecule has 0 saturated heterocycles. The van der Waals surface area contributed by atoms with Gasteiger partial charge in [-0.1, -0.05) is 11.3 Å². The Morgan fingerprint density at radius 1 is 1.22 bits per heavy atom. The standard InChI is InChI=1S/C16H24N4O4S2.ClH/c1-18(2)8-9-20(15(21)11-19(3)26(5,22)23)16-17-13-7-6-12(24-4)10-14(13)25-16;/h6-7,10H,8-9,11H2,1-5H3;1H. The first kappa shape index (κ1) is 23.6. The summed E-state index contributed by atoms with van der Waals surface area (Å²) in [4.78, 5) is 20.8. The third-order valence-corrected chi connectivity index (χ3v) is 6.11. The highest BCUT2D eigenvalue weighted by atomic mass is 35.5. The third-order valence-electron chi connectivity index (χ3n) is 3.81. The quantitative estimate of drug-likeness (QED) is 0.623. The molecule has 8 nitrogen and oxygen atoms in total. The molecular formula is C16H25ClN4O4S2. The van der Waals surface area contributed by atoms with Gasteiger partial charge in [0, 0.05) is 20.1 Å². The highest BCUT2D eigenvalue weighted by molar-refractivity contribution is 7.88. The van der Waals surface area contributed by atoms with Gasteiger partial charge in [0.15, 0.2) is 5.13 Å². The van der Waals surface area contributed by atoms with Crippen LogP contribution in [0.1, 0.15) is 0 Å². The van der Waals surface area contributed by atoms with E-state index in [1.54, 1.807) is 12.0 Å². The number of hydrogen-bond donors (Lipinski definition) is 0. The molecule has 0 saturated carbocycles. The zero-order valence-electron chi connectivity index (χ0n) is 16.0. The van der Waals surface area contributed by atoms with Gasteiger partial charge in [0.25, 0.3) is 0 Å². The summed E-state index contributed by atoms with van der Waals surface area (Å²) in [5.74, 6) is 0.404. The van der Waals surface area contributed by atoms with Gasteiger partial charge in [0.2, 0.25) is 15.9 Å². The van der Waals surface area contributed by atoms with Crippen LogP contribution in [0.15, 0.2) is 18.2 Å². The summed E-state index contributed by atoms with van der Waals surface area (Å²) in [6.07, 6.45) is 1.08. The van der Waals surface area contributed by atoms with Gasteiger partial charge < -0.3 is 9.64 Å². The van der Waals surface area contributed by atoms with E-state index in [0.29, 0.717) is 18.2 Å². The van der Waals surface area contributed by atoms with Gasteiger partial charge in [-0.25, -0.2) is 13.4 Å². The summed E-state index contributed by atoms with van der Waals surface area (Å²) >= 11 is 1.38. The summed E-state index contributed by atoms with van der Waals surface area (Å²) in [6, 6.07) is 5.52. The first-order chi connectivity index (χ1) is 12.1. The molecule has 27 heavy (non-hydrogen) atoms. The zero-order chi connectivity index (χ0) is 19.5. The summed E-state index contributed by atoms with van der Waals surface area (Å²) in [5, 5.41) is 0.544. The molecule has 0 aliphatic rings. The van der Waals surface area contributed by atoms with Gasteiger partial charge in [-0.3, -0.25) is 9.69 Å². The van der Waals surface area contributed by atoms with Crippen LogP contribution in [0.25, 0.3) is 10.2 Å². The average Bonchev–Trinajstić information content (AvgIpc) is 2.96. The topological polar surface area (TPSA) is 83.1 Å². The van der Waals surface area contributed by atoms with Crippen molar-refractivity contribution in [2.24, 2.45) is 0 Å². The van der Waals surface area contributed by atoms with Crippen molar-refractivity contribution in [3.8, 4) is 5.75 Å². The number of carbonyl (C=O) groups is 1. The summed E-state index contributed by atoms with van der Waals surface area (Å²) in [6.45, 7) is 0.819. The van der Waals surface area contributed by atoms with Crippen LogP contribution < -0.4 is 9.64 Å². The Kier molecular flexibility index (Phi) is 8.43. The number of halogens is 1. The van der Waals surface area contributed by atoms with E-state index in [4.69, 9.17) is 4.74 Å². The van der Waals surface area contributed by atoms with Gasteiger partial charge in [-0.2, -0.15) is 4.31 Å². The Morgan fingerprint density at radius 2 is 1.89 bits per heavy atom. The van der Waals surface area contributed by atoms with Crippen LogP contribution in [0, 0.1) is 0 Å². The van der Waals surface area contributed by atoms with Gasteiger partial charge in [-0.05, 0) is 32.3 Å². The zero-order valence-corrected chi connectivity index (χ0v) is 18.4. The molecule has 0 unspecified atom stereocenters. The van der Waals surface area contributed by atoms with Crippen LogP contribution in [0.2, 0.25) is 0 Å². The first-order valence-electron chi connectivity index (χ1n) is 7.93. The molecule has 1 aromatic heterocycles. The maximum Gasteiger partial charge on any atom is 0.244 e. The fraction of sp³-hybridized carbons (Fsp3) is 0.500. The van der Waals surface area contributed by atoms with E-state index in [2.05, 4.69) is 4.98 Å². The predicted octanol–water partition coefficient (Wildman–Crippen LogP) is 1.51. The number of benzene rings is 1. The van der Waals surface area contributed by atoms with Crippen molar-refractivity contribution in [2.45, 2.75) is 0 Å². The van der Waals surface area contributed by atoms with E-state index in [0.717, 1.165) is 26.5 Å². The predicted molar refractivity (Wildman–Crippen MR) is 112 cm³/mol. The van der Waals surface area contributed by atoms with Gasteiger partial charge >= 0.3 is 0 Å². The Balaban J connectivity index is 0.00000364. The molecule has 2 rings (SSSR count). The van der Waals surface area contributed by atoms with Crippen LogP contribution in [0.4, 0.5) is 5.13 Å². The number of carbonyl (C=O) groups excluding carboxylic acids is 1. The van der Waals surface area contributed by atoms with Crippen LogP contribution >= 0.6 is 23.7 Å². The van der Waals surface area contributed by atoms with Crippen molar-refractivity contribution in [3.63, 3.8) is 0 Å². The second-order valence-electron chi connectivity index (χ2n) is 6.20. The van der Waals surface area contributed by atoms with E-state index in [9.17, 15) is 13.2 Å². The number of thiazole rings is 1. The fourth-order valence-corrected chi connectivity index (χ4v) is 3.54. The first-order valence-corrected chi connectivity index (χ1v) is 10.6. The number of rotatable bonds is 8. The number of hydrogen-bond acceptors (Lipinski definition) is 7. The molecule has 0 bridgehead atoms. The Hall–Kier alpha value is -1.46. The van der Waals surface area contributed by atoms with Crippen LogP contribution in [0.3, 0.4) is 0 Å². The largest absolute Gasteiger partial charge is 0.497 e. The van der Waals surface area contributed by atoms with Crippen molar-refractivity contribution in [3.05, 3.63) is 18.2 Å². The van der Waals surface area contributed by atoms with Crippen molar-refractivity contribution in [1.82, 2.24) is 14.2 Å². The molecule has 0 spiro atoms. The minimum atomic E-state index is -3.44. The smallest absolute Gasteiger partial charge is 0.244 e.